The first-order valence-electron chi connectivity index (χ1n) is 18.2. The van der Waals surface area contributed by atoms with Crippen LogP contribution in [0.3, 0.4) is 0 Å². The number of aliphatic hydroxyl groups is 1. The van der Waals surface area contributed by atoms with E-state index in [1.54, 1.807) is 18.0 Å². The number of hydrogen-bond acceptors (Lipinski definition) is 10. The molecule has 4 heterocycles. The molecule has 2 aromatic rings. The topological polar surface area (TPSA) is 137 Å². The fourth-order valence-corrected chi connectivity index (χ4v) is 9.01. The van der Waals surface area contributed by atoms with Gasteiger partial charge in [-0.2, -0.15) is 0 Å². The van der Waals surface area contributed by atoms with Crippen LogP contribution in [0.25, 0.3) is 0 Å². The van der Waals surface area contributed by atoms with Crippen molar-refractivity contribution >= 4 is 21.7 Å². The fourth-order valence-electron chi connectivity index (χ4n) is 8.15. The van der Waals surface area contributed by atoms with Crippen LogP contribution in [0, 0.1) is 17.2 Å². The second kappa shape index (κ2) is 15.4. The molecule has 0 bridgehead atoms. The number of likely N-dealkylation sites (tertiary alicyclic amines) is 1. The Morgan fingerprint density at radius 3 is 2.62 bits per heavy atom. The number of amides is 1. The minimum atomic E-state index is -3.23. The maximum absolute atomic E-state index is 14.7. The van der Waals surface area contributed by atoms with Crippen molar-refractivity contribution in [1.82, 2.24) is 24.5 Å². The average molecular weight is 717 g/mol. The Labute approximate surface area is 295 Å². The molecule has 2 N–H and O–H groups in total. The lowest BCUT2D eigenvalue weighted by molar-refractivity contribution is -0.0299. The number of piperidine rings is 1. The maximum Gasteiger partial charge on any atom is 0.258 e. The lowest BCUT2D eigenvalue weighted by Gasteiger charge is -2.54. The molecule has 3 aliphatic heterocycles. The first-order valence-corrected chi connectivity index (χ1v) is 19.9. The van der Waals surface area contributed by atoms with Crippen molar-refractivity contribution in [2.24, 2.45) is 11.3 Å². The van der Waals surface area contributed by atoms with Gasteiger partial charge in [-0.05, 0) is 103 Å². The summed E-state index contributed by atoms with van der Waals surface area (Å²) in [5.41, 5.74) is 0.272. The Morgan fingerprint density at radius 1 is 1.18 bits per heavy atom. The van der Waals surface area contributed by atoms with E-state index in [-0.39, 0.29) is 52.6 Å². The smallest absolute Gasteiger partial charge is 0.258 e. The van der Waals surface area contributed by atoms with Gasteiger partial charge in [-0.3, -0.25) is 4.79 Å². The van der Waals surface area contributed by atoms with Gasteiger partial charge < -0.3 is 29.3 Å². The molecule has 1 aromatic carbocycles. The molecule has 12 nitrogen and oxygen atoms in total. The molecular formula is C36H53FN6O6S. The van der Waals surface area contributed by atoms with Crippen LogP contribution in [-0.4, -0.2) is 115 Å². The van der Waals surface area contributed by atoms with Gasteiger partial charge in [0.15, 0.2) is 11.6 Å². The molecule has 4 aliphatic rings. The molecule has 4 fully saturated rings. The number of nitrogens with one attached hydrogen (secondary N) is 1. The number of nitrogens with zero attached hydrogens (tertiary/aromatic N) is 5. The summed E-state index contributed by atoms with van der Waals surface area (Å²) < 4.78 is 53.6. The fraction of sp³-hybridized carbons (Fsp3) is 0.694. The quantitative estimate of drug-likeness (QED) is 0.348. The number of carbonyl (C=O) groups excluding carboxylic acids is 1. The molecule has 50 heavy (non-hydrogen) atoms. The van der Waals surface area contributed by atoms with Crippen LogP contribution in [0.1, 0.15) is 83.0 Å². The van der Waals surface area contributed by atoms with Crippen molar-refractivity contribution in [2.75, 3.05) is 50.0 Å². The molecule has 1 aliphatic carbocycles. The number of benzene rings is 1. The third-order valence-electron chi connectivity index (χ3n) is 11.1. The van der Waals surface area contributed by atoms with Gasteiger partial charge >= 0.3 is 0 Å². The second-order valence-corrected chi connectivity index (χ2v) is 17.3. The van der Waals surface area contributed by atoms with Crippen molar-refractivity contribution in [3.8, 4) is 11.5 Å². The van der Waals surface area contributed by atoms with Crippen LogP contribution in [0.2, 0.25) is 0 Å². The third kappa shape index (κ3) is 8.41. The van der Waals surface area contributed by atoms with E-state index in [1.807, 2.05) is 13.8 Å². The number of aliphatic hydroxyl groups excluding tert-OH is 1. The standard InChI is InChI=1S/C36H53FN6O6S/c1-5-50(46,47)40-27-8-9-28(48-20-27)19-41-14-12-36(13-15-41)21-42(22-36)34-33(18-38-23-39-34)49-32-11-7-26(37)17-29(32)35(45)43(24(2)3)30-16-25(4)6-10-31(30)44/h7,11,17-18,23-25,27-28,30-31,40,44H,5-6,8-10,12-16,19-22H2,1-4H3/t25-,27+,28-,30+,31+/m0/s1. The second-order valence-electron chi connectivity index (χ2n) is 15.2. The van der Waals surface area contributed by atoms with Crippen molar-refractivity contribution in [3.63, 3.8) is 0 Å². The van der Waals surface area contributed by atoms with Gasteiger partial charge in [-0.15, -0.1) is 0 Å². The molecule has 0 unspecified atom stereocenters. The van der Waals surface area contributed by atoms with Crippen LogP contribution in [0.15, 0.2) is 30.7 Å². The zero-order chi connectivity index (χ0) is 35.6. The highest BCUT2D eigenvalue weighted by atomic mass is 32.2. The normalized spacial score (nSPS) is 27.3. The molecule has 1 amide bonds. The molecule has 14 heteroatoms. The van der Waals surface area contributed by atoms with E-state index in [1.165, 1.54) is 24.5 Å². The Balaban J connectivity index is 1.07. The van der Waals surface area contributed by atoms with Crippen molar-refractivity contribution in [3.05, 3.63) is 42.1 Å². The van der Waals surface area contributed by atoms with Gasteiger partial charge in [0, 0.05) is 37.1 Å². The molecule has 1 aromatic heterocycles. The van der Waals surface area contributed by atoms with Gasteiger partial charge in [0.25, 0.3) is 5.91 Å². The van der Waals surface area contributed by atoms with E-state index in [4.69, 9.17) is 9.47 Å². The Hall–Kier alpha value is -2.91. The molecule has 5 atom stereocenters. The average Bonchev–Trinajstić information content (AvgIpc) is 3.07. The number of ether oxygens (including phenoxy) is 2. The number of rotatable bonds is 11. The van der Waals surface area contributed by atoms with E-state index in [0.29, 0.717) is 36.9 Å². The summed E-state index contributed by atoms with van der Waals surface area (Å²) in [4.78, 5) is 29.2. The first kappa shape index (κ1) is 36.9. The predicted octanol–water partition coefficient (Wildman–Crippen LogP) is 4.20. The van der Waals surface area contributed by atoms with Crippen LogP contribution in [-0.2, 0) is 14.8 Å². The van der Waals surface area contributed by atoms with Gasteiger partial charge in [-0.1, -0.05) is 6.92 Å². The Kier molecular flexibility index (Phi) is 11.3. The molecular weight excluding hydrogens is 663 g/mol. The highest BCUT2D eigenvalue weighted by Gasteiger charge is 2.46. The monoisotopic (exact) mass is 716 g/mol. The number of hydrogen-bond donors (Lipinski definition) is 2. The first-order chi connectivity index (χ1) is 23.8. The van der Waals surface area contributed by atoms with Crippen LogP contribution < -0.4 is 14.4 Å². The lowest BCUT2D eigenvalue weighted by atomic mass is 9.72. The summed E-state index contributed by atoms with van der Waals surface area (Å²) >= 11 is 0. The molecule has 276 valence electrons. The number of anilines is 1. The molecule has 6 rings (SSSR count). The van der Waals surface area contributed by atoms with Gasteiger partial charge in [0.2, 0.25) is 10.0 Å². The van der Waals surface area contributed by atoms with Crippen LogP contribution in [0.5, 0.6) is 11.5 Å². The van der Waals surface area contributed by atoms with Crippen molar-refractivity contribution in [1.29, 1.82) is 0 Å². The molecule has 1 saturated carbocycles. The molecule has 1 spiro atoms. The van der Waals surface area contributed by atoms with E-state index in [9.17, 15) is 22.7 Å². The largest absolute Gasteiger partial charge is 0.451 e. The zero-order valence-electron chi connectivity index (χ0n) is 29.8. The van der Waals surface area contributed by atoms with Gasteiger partial charge in [0.1, 0.15) is 17.9 Å². The van der Waals surface area contributed by atoms with Crippen molar-refractivity contribution < 1.29 is 32.2 Å². The summed E-state index contributed by atoms with van der Waals surface area (Å²) in [7, 11) is -3.23. The Bertz CT molecular complexity index is 1590. The van der Waals surface area contributed by atoms with Crippen molar-refractivity contribution in [2.45, 2.75) is 103 Å². The minimum Gasteiger partial charge on any atom is -0.451 e. The third-order valence-corrected chi connectivity index (χ3v) is 12.5. The SMILES string of the molecule is CCS(=O)(=O)N[C@@H]1CC[C@@H](CN2CCC3(CC2)CN(c2ncncc2Oc2ccc(F)cc2C(=O)N(C(C)C)[C@@H]2C[C@@H](C)CC[C@H]2O)C3)OC1. The lowest BCUT2D eigenvalue weighted by Crippen LogP contribution is -2.61. The number of sulfonamides is 1. The molecule has 0 radical (unpaired) electrons. The van der Waals surface area contributed by atoms with Gasteiger partial charge in [0.05, 0.1) is 42.4 Å². The minimum absolute atomic E-state index is 0.0746. The van der Waals surface area contributed by atoms with Gasteiger partial charge in [-0.25, -0.2) is 27.5 Å². The number of halogens is 1. The van der Waals surface area contributed by atoms with Crippen LogP contribution in [0.4, 0.5) is 10.2 Å². The summed E-state index contributed by atoms with van der Waals surface area (Å²) in [6, 6.07) is 3.25. The summed E-state index contributed by atoms with van der Waals surface area (Å²) in [5.74, 6) is 0.786. The summed E-state index contributed by atoms with van der Waals surface area (Å²) in [5, 5.41) is 10.9. The van der Waals surface area contributed by atoms with E-state index < -0.39 is 21.9 Å². The Morgan fingerprint density at radius 2 is 1.94 bits per heavy atom. The van der Waals surface area contributed by atoms with E-state index in [0.717, 1.165) is 64.8 Å². The predicted molar refractivity (Wildman–Crippen MR) is 188 cm³/mol. The highest BCUT2D eigenvalue weighted by molar-refractivity contribution is 7.89. The van der Waals surface area contributed by atoms with Crippen LogP contribution >= 0.6 is 0 Å². The summed E-state index contributed by atoms with van der Waals surface area (Å²) in [6.45, 7) is 12.4. The summed E-state index contributed by atoms with van der Waals surface area (Å²) in [6.07, 6.45) is 8.46. The maximum atomic E-state index is 14.7. The number of carbonyl (C=O) groups is 1. The van der Waals surface area contributed by atoms with E-state index in [2.05, 4.69) is 31.4 Å². The zero-order valence-corrected chi connectivity index (χ0v) is 30.6. The molecule has 3 saturated heterocycles. The number of aromatic nitrogens is 2. The highest BCUT2D eigenvalue weighted by Crippen LogP contribution is 2.45. The van der Waals surface area contributed by atoms with E-state index >= 15 is 0 Å².